The second-order valence-corrected chi connectivity index (χ2v) is 5.73. The van der Waals surface area contributed by atoms with Gasteiger partial charge in [-0.15, -0.1) is 0 Å². The summed E-state index contributed by atoms with van der Waals surface area (Å²) in [6.45, 7) is 2.00. The Kier molecular flexibility index (Phi) is 4.01. The minimum atomic E-state index is 0.122. The largest absolute Gasteiger partial charge is 0.382 e. The standard InChI is InChI=1S/C14H17N5OS/c15-13-12(10-4-3-5-16-8-10)14(21-18-13)17-9-11(20)19-6-1-2-7-19/h3-5,8,17H,1-2,6-7,9H2,(H2,15,18). The summed E-state index contributed by atoms with van der Waals surface area (Å²) < 4.78 is 4.17. The fourth-order valence-electron chi connectivity index (χ4n) is 2.45. The van der Waals surface area contributed by atoms with Gasteiger partial charge in [-0.05, 0) is 30.4 Å². The Labute approximate surface area is 127 Å². The van der Waals surface area contributed by atoms with Crippen molar-refractivity contribution in [2.45, 2.75) is 12.8 Å². The molecule has 3 heterocycles. The molecule has 3 rings (SSSR count). The lowest BCUT2D eigenvalue weighted by Gasteiger charge is -2.15. The molecule has 0 radical (unpaired) electrons. The second-order valence-electron chi connectivity index (χ2n) is 4.96. The molecule has 6 nitrogen and oxygen atoms in total. The van der Waals surface area contributed by atoms with Gasteiger partial charge >= 0.3 is 0 Å². The topological polar surface area (TPSA) is 84.1 Å². The molecule has 1 amide bonds. The third-order valence-corrected chi connectivity index (χ3v) is 4.35. The molecule has 0 atom stereocenters. The van der Waals surface area contributed by atoms with Crippen LogP contribution in [-0.4, -0.2) is 39.8 Å². The van der Waals surface area contributed by atoms with Crippen molar-refractivity contribution in [3.63, 3.8) is 0 Å². The number of pyridine rings is 1. The highest BCUT2D eigenvalue weighted by Gasteiger charge is 2.19. The van der Waals surface area contributed by atoms with Crippen LogP contribution in [0.2, 0.25) is 0 Å². The van der Waals surface area contributed by atoms with Crippen molar-refractivity contribution >= 4 is 28.3 Å². The van der Waals surface area contributed by atoms with Crippen molar-refractivity contribution in [3.05, 3.63) is 24.5 Å². The zero-order valence-corrected chi connectivity index (χ0v) is 12.4. The molecule has 1 aliphatic rings. The monoisotopic (exact) mass is 303 g/mol. The Bertz CT molecular complexity index is 622. The van der Waals surface area contributed by atoms with Crippen LogP contribution in [-0.2, 0) is 4.79 Å². The summed E-state index contributed by atoms with van der Waals surface area (Å²) in [7, 11) is 0. The van der Waals surface area contributed by atoms with Gasteiger partial charge in [-0.1, -0.05) is 6.07 Å². The normalized spacial score (nSPS) is 14.4. The first-order chi connectivity index (χ1) is 10.3. The number of amides is 1. The van der Waals surface area contributed by atoms with Crippen LogP contribution < -0.4 is 11.1 Å². The molecule has 0 unspecified atom stereocenters. The van der Waals surface area contributed by atoms with Gasteiger partial charge < -0.3 is 16.0 Å². The van der Waals surface area contributed by atoms with E-state index in [4.69, 9.17) is 5.73 Å². The predicted octanol–water partition coefficient (Wildman–Crippen LogP) is 1.82. The summed E-state index contributed by atoms with van der Waals surface area (Å²) in [6, 6.07) is 3.78. The molecule has 0 bridgehead atoms. The van der Waals surface area contributed by atoms with Crippen molar-refractivity contribution in [3.8, 4) is 11.1 Å². The van der Waals surface area contributed by atoms with E-state index in [2.05, 4.69) is 14.7 Å². The minimum absolute atomic E-state index is 0.122. The maximum Gasteiger partial charge on any atom is 0.241 e. The Morgan fingerprint density at radius 2 is 2.24 bits per heavy atom. The third-order valence-electron chi connectivity index (χ3n) is 3.53. The van der Waals surface area contributed by atoms with Crippen LogP contribution in [0.1, 0.15) is 12.8 Å². The van der Waals surface area contributed by atoms with E-state index in [1.807, 2.05) is 17.0 Å². The van der Waals surface area contributed by atoms with Gasteiger partial charge in [-0.3, -0.25) is 9.78 Å². The summed E-state index contributed by atoms with van der Waals surface area (Å²) in [5.41, 5.74) is 7.66. The van der Waals surface area contributed by atoms with Gasteiger partial charge in [-0.2, -0.15) is 4.37 Å². The van der Waals surface area contributed by atoms with E-state index >= 15 is 0 Å². The van der Waals surface area contributed by atoms with Gasteiger partial charge in [0, 0.05) is 31.0 Å². The van der Waals surface area contributed by atoms with Crippen molar-refractivity contribution in [2.75, 3.05) is 30.7 Å². The number of hydrogen-bond acceptors (Lipinski definition) is 6. The molecule has 0 saturated carbocycles. The molecule has 1 fully saturated rings. The highest BCUT2D eigenvalue weighted by Crippen LogP contribution is 2.36. The first kappa shape index (κ1) is 13.8. The smallest absolute Gasteiger partial charge is 0.241 e. The van der Waals surface area contributed by atoms with Crippen LogP contribution in [0.5, 0.6) is 0 Å². The fraction of sp³-hybridized carbons (Fsp3) is 0.357. The maximum atomic E-state index is 12.1. The van der Waals surface area contributed by atoms with Crippen LogP contribution in [0.25, 0.3) is 11.1 Å². The van der Waals surface area contributed by atoms with Gasteiger partial charge in [0.1, 0.15) is 10.8 Å². The maximum absolute atomic E-state index is 12.1. The van der Waals surface area contributed by atoms with E-state index in [-0.39, 0.29) is 12.5 Å². The quantitative estimate of drug-likeness (QED) is 0.900. The highest BCUT2D eigenvalue weighted by molar-refractivity contribution is 7.11. The first-order valence-corrected chi connectivity index (χ1v) is 7.70. The lowest BCUT2D eigenvalue weighted by Crippen LogP contribution is -2.32. The van der Waals surface area contributed by atoms with Crippen molar-refractivity contribution in [1.82, 2.24) is 14.3 Å². The molecule has 1 saturated heterocycles. The number of rotatable bonds is 4. The van der Waals surface area contributed by atoms with Crippen molar-refractivity contribution in [1.29, 1.82) is 0 Å². The molecule has 0 spiro atoms. The number of nitrogens with zero attached hydrogens (tertiary/aromatic N) is 3. The second kappa shape index (κ2) is 6.09. The van der Waals surface area contributed by atoms with E-state index in [9.17, 15) is 4.79 Å². The van der Waals surface area contributed by atoms with Crippen LogP contribution >= 0.6 is 11.5 Å². The summed E-state index contributed by atoms with van der Waals surface area (Å²) in [6.07, 6.45) is 5.65. The SMILES string of the molecule is Nc1nsc(NCC(=O)N2CCCC2)c1-c1cccnc1. The van der Waals surface area contributed by atoms with Crippen LogP contribution in [0.15, 0.2) is 24.5 Å². The Morgan fingerprint density at radius 1 is 1.43 bits per heavy atom. The van der Waals surface area contributed by atoms with E-state index in [0.717, 1.165) is 42.1 Å². The van der Waals surface area contributed by atoms with Gasteiger partial charge in [0.15, 0.2) is 0 Å². The number of anilines is 2. The number of likely N-dealkylation sites (tertiary alicyclic amines) is 1. The molecule has 3 N–H and O–H groups in total. The van der Waals surface area contributed by atoms with Crippen LogP contribution in [0.3, 0.4) is 0 Å². The third kappa shape index (κ3) is 2.97. The Balaban J connectivity index is 1.73. The molecule has 7 heteroatoms. The van der Waals surface area contributed by atoms with Gasteiger partial charge in [0.25, 0.3) is 0 Å². The summed E-state index contributed by atoms with van der Waals surface area (Å²) in [4.78, 5) is 18.1. The van der Waals surface area contributed by atoms with E-state index in [1.165, 1.54) is 11.5 Å². The number of carbonyl (C=O) groups is 1. The molecule has 110 valence electrons. The molecular weight excluding hydrogens is 286 g/mol. The van der Waals surface area contributed by atoms with Gasteiger partial charge in [0.2, 0.25) is 5.91 Å². The molecule has 21 heavy (non-hydrogen) atoms. The molecule has 0 aliphatic carbocycles. The molecule has 2 aromatic heterocycles. The zero-order chi connectivity index (χ0) is 14.7. The lowest BCUT2D eigenvalue weighted by molar-refractivity contribution is -0.128. The number of hydrogen-bond donors (Lipinski definition) is 2. The molecule has 0 aromatic carbocycles. The molecular formula is C14H17N5OS. The van der Waals surface area contributed by atoms with Crippen molar-refractivity contribution < 1.29 is 4.79 Å². The molecule has 1 aliphatic heterocycles. The van der Waals surface area contributed by atoms with E-state index in [1.54, 1.807) is 12.4 Å². The zero-order valence-electron chi connectivity index (χ0n) is 11.6. The number of nitrogens with two attached hydrogens (primary N) is 1. The minimum Gasteiger partial charge on any atom is -0.382 e. The number of carbonyl (C=O) groups excluding carboxylic acids is 1. The van der Waals surface area contributed by atoms with Crippen LogP contribution in [0.4, 0.5) is 10.8 Å². The molecule has 2 aromatic rings. The van der Waals surface area contributed by atoms with Crippen molar-refractivity contribution in [2.24, 2.45) is 0 Å². The lowest BCUT2D eigenvalue weighted by atomic mass is 10.1. The first-order valence-electron chi connectivity index (χ1n) is 6.93. The summed E-state index contributed by atoms with van der Waals surface area (Å²) in [5, 5.41) is 3.98. The summed E-state index contributed by atoms with van der Waals surface area (Å²) >= 11 is 1.27. The van der Waals surface area contributed by atoms with Gasteiger partial charge in [0.05, 0.1) is 12.1 Å². The predicted molar refractivity (Wildman–Crippen MR) is 84.1 cm³/mol. The Hall–Kier alpha value is -2.15. The number of aromatic nitrogens is 2. The average molecular weight is 303 g/mol. The average Bonchev–Trinajstić information content (AvgIpc) is 3.15. The van der Waals surface area contributed by atoms with Gasteiger partial charge in [-0.25, -0.2) is 0 Å². The van der Waals surface area contributed by atoms with E-state index < -0.39 is 0 Å². The van der Waals surface area contributed by atoms with Crippen LogP contribution in [0, 0.1) is 0 Å². The number of nitrogens with one attached hydrogen (secondary N) is 1. The number of nitrogen functional groups attached to an aromatic ring is 1. The fourth-order valence-corrected chi connectivity index (χ4v) is 3.18. The van der Waals surface area contributed by atoms with E-state index in [0.29, 0.717) is 5.82 Å². The Morgan fingerprint density at radius 3 is 2.95 bits per heavy atom. The highest BCUT2D eigenvalue weighted by atomic mass is 32.1. The summed E-state index contributed by atoms with van der Waals surface area (Å²) in [5.74, 6) is 0.584.